The third kappa shape index (κ3) is 2.64. The van der Waals surface area contributed by atoms with Crippen LogP contribution in [0.3, 0.4) is 0 Å². The Morgan fingerprint density at radius 3 is 2.75 bits per heavy atom. The summed E-state index contributed by atoms with van der Waals surface area (Å²) >= 11 is 0. The molecule has 2 bridgehead atoms. The minimum atomic E-state index is 0.666. The molecule has 0 aliphatic heterocycles. The van der Waals surface area contributed by atoms with E-state index in [0.29, 0.717) is 5.92 Å². The first-order chi connectivity index (χ1) is 11.8. The van der Waals surface area contributed by atoms with Crippen LogP contribution in [0.5, 0.6) is 0 Å². The topological polar surface area (TPSA) is 21.6 Å². The van der Waals surface area contributed by atoms with Gasteiger partial charge in [0.15, 0.2) is 0 Å². The first-order valence-corrected chi connectivity index (χ1v) is 9.12. The van der Waals surface area contributed by atoms with Gasteiger partial charge < -0.3 is 4.84 Å². The van der Waals surface area contributed by atoms with E-state index >= 15 is 0 Å². The highest BCUT2D eigenvalue weighted by Crippen LogP contribution is 2.49. The zero-order valence-electron chi connectivity index (χ0n) is 14.6. The van der Waals surface area contributed by atoms with Crippen molar-refractivity contribution in [2.24, 2.45) is 17.0 Å². The number of fused-ring (bicyclic) bond motifs is 3. The minimum absolute atomic E-state index is 0.666. The van der Waals surface area contributed by atoms with E-state index in [1.165, 1.54) is 53.2 Å². The average Bonchev–Trinajstić information content (AvgIpc) is 3.01. The summed E-state index contributed by atoms with van der Waals surface area (Å²) in [5.41, 5.74) is 5.50. The second-order valence-electron chi connectivity index (χ2n) is 7.11. The highest BCUT2D eigenvalue weighted by molar-refractivity contribution is 6.07. The molecule has 0 spiro atoms. The molecule has 0 heterocycles. The van der Waals surface area contributed by atoms with Gasteiger partial charge in [0.1, 0.15) is 7.11 Å². The molecule has 2 atom stereocenters. The Kier molecular flexibility index (Phi) is 4.13. The molecule has 0 amide bonds. The van der Waals surface area contributed by atoms with E-state index in [9.17, 15) is 0 Å². The zero-order chi connectivity index (χ0) is 16.5. The molecule has 4 rings (SSSR count). The fourth-order valence-corrected chi connectivity index (χ4v) is 4.64. The van der Waals surface area contributed by atoms with Crippen LogP contribution in [0.1, 0.15) is 44.6 Å². The van der Waals surface area contributed by atoms with E-state index in [1.807, 2.05) is 0 Å². The van der Waals surface area contributed by atoms with Gasteiger partial charge >= 0.3 is 0 Å². The van der Waals surface area contributed by atoms with Gasteiger partial charge in [0.05, 0.1) is 5.71 Å². The van der Waals surface area contributed by atoms with Crippen molar-refractivity contribution in [3.8, 4) is 0 Å². The highest BCUT2D eigenvalue weighted by Gasteiger charge is 2.36. The largest absolute Gasteiger partial charge is 0.399 e. The number of rotatable bonds is 4. The van der Waals surface area contributed by atoms with Crippen molar-refractivity contribution in [1.82, 2.24) is 0 Å². The van der Waals surface area contributed by atoms with Gasteiger partial charge in [0.25, 0.3) is 0 Å². The summed E-state index contributed by atoms with van der Waals surface area (Å²) in [5.74, 6) is 1.51. The zero-order valence-corrected chi connectivity index (χ0v) is 14.6. The third-order valence-corrected chi connectivity index (χ3v) is 5.71. The lowest BCUT2D eigenvalue weighted by molar-refractivity contribution is 0.212. The van der Waals surface area contributed by atoms with Gasteiger partial charge in [-0.1, -0.05) is 48.5 Å². The lowest BCUT2D eigenvalue weighted by Gasteiger charge is -2.27. The van der Waals surface area contributed by atoms with E-state index in [0.717, 1.165) is 18.1 Å². The lowest BCUT2D eigenvalue weighted by atomic mass is 9.77. The van der Waals surface area contributed by atoms with Crippen molar-refractivity contribution in [2.45, 2.75) is 39.0 Å². The minimum Gasteiger partial charge on any atom is -0.399 e. The van der Waals surface area contributed by atoms with Gasteiger partial charge in [-0.15, -0.1) is 0 Å². The molecule has 2 aromatic carbocycles. The quantitative estimate of drug-likeness (QED) is 0.513. The molecule has 0 aromatic heterocycles. The van der Waals surface area contributed by atoms with Crippen molar-refractivity contribution >= 4 is 22.1 Å². The van der Waals surface area contributed by atoms with Crippen LogP contribution in [-0.2, 0) is 4.84 Å². The Hall–Kier alpha value is -2.09. The Labute approximate surface area is 144 Å². The first-order valence-electron chi connectivity index (χ1n) is 9.12. The van der Waals surface area contributed by atoms with Crippen molar-refractivity contribution in [2.75, 3.05) is 7.11 Å². The molecule has 2 aliphatic carbocycles. The molecule has 0 N–H and O–H groups in total. The van der Waals surface area contributed by atoms with E-state index in [4.69, 9.17) is 4.84 Å². The number of allylic oxidation sites excluding steroid dienone is 2. The second kappa shape index (κ2) is 6.43. The van der Waals surface area contributed by atoms with Crippen molar-refractivity contribution in [3.05, 3.63) is 53.6 Å². The monoisotopic (exact) mass is 319 g/mol. The fraction of sp³-hybridized carbons (Fsp3) is 0.409. The molecule has 2 heteroatoms. The first kappa shape index (κ1) is 15.4. The molecule has 1 fully saturated rings. The summed E-state index contributed by atoms with van der Waals surface area (Å²) in [6.07, 6.45) is 6.11. The van der Waals surface area contributed by atoms with Crippen LogP contribution in [-0.4, -0.2) is 12.8 Å². The Bertz CT molecular complexity index is 818. The second-order valence-corrected chi connectivity index (χ2v) is 7.11. The van der Waals surface area contributed by atoms with Gasteiger partial charge in [-0.05, 0) is 77.5 Å². The molecule has 0 saturated heterocycles. The van der Waals surface area contributed by atoms with Gasteiger partial charge in [-0.25, -0.2) is 0 Å². The van der Waals surface area contributed by atoms with Crippen LogP contribution in [0, 0.1) is 11.8 Å². The Morgan fingerprint density at radius 1 is 1.12 bits per heavy atom. The number of hydrogen-bond donors (Lipinski definition) is 0. The van der Waals surface area contributed by atoms with Gasteiger partial charge in [0.2, 0.25) is 0 Å². The summed E-state index contributed by atoms with van der Waals surface area (Å²) in [6, 6.07) is 15.5. The standard InChI is InChI=1S/C22H25NO/c1-3-21(23-24-2)22-19-9-8-15(12-19)13-20(22)18-11-10-16-6-4-5-7-17(16)14-18/h4-7,10-11,14-15,19H,3,8-9,12-13H2,1-2H3/t15?,19-/m1/s1. The summed E-state index contributed by atoms with van der Waals surface area (Å²) in [7, 11) is 1.66. The summed E-state index contributed by atoms with van der Waals surface area (Å²) in [5, 5.41) is 7.01. The molecule has 2 nitrogen and oxygen atoms in total. The predicted molar refractivity (Wildman–Crippen MR) is 101 cm³/mol. The Balaban J connectivity index is 1.88. The SMILES string of the molecule is CCC(=NOC)C1=C(c2ccc3ccccc3c2)CC2CC[C@@H]1C2. The third-order valence-electron chi connectivity index (χ3n) is 5.71. The molecular formula is C22H25NO. The van der Waals surface area contributed by atoms with Crippen molar-refractivity contribution < 1.29 is 4.84 Å². The molecule has 2 aliphatic rings. The summed E-state index contributed by atoms with van der Waals surface area (Å²) < 4.78 is 0. The average molecular weight is 319 g/mol. The number of oxime groups is 1. The van der Waals surface area contributed by atoms with Crippen molar-refractivity contribution in [3.63, 3.8) is 0 Å². The van der Waals surface area contributed by atoms with Crippen LogP contribution in [0.4, 0.5) is 0 Å². The molecular weight excluding hydrogens is 294 g/mol. The maximum Gasteiger partial charge on any atom is 0.106 e. The maximum atomic E-state index is 5.16. The maximum absolute atomic E-state index is 5.16. The normalized spacial score (nSPS) is 23.8. The van der Waals surface area contributed by atoms with Crippen LogP contribution < -0.4 is 0 Å². The van der Waals surface area contributed by atoms with Crippen LogP contribution in [0.2, 0.25) is 0 Å². The lowest BCUT2D eigenvalue weighted by Crippen LogP contribution is -2.18. The fourth-order valence-electron chi connectivity index (χ4n) is 4.64. The van der Waals surface area contributed by atoms with Gasteiger partial charge in [-0.2, -0.15) is 0 Å². The highest BCUT2D eigenvalue weighted by atomic mass is 16.6. The van der Waals surface area contributed by atoms with Crippen LogP contribution in [0.15, 0.2) is 53.2 Å². The molecule has 2 aromatic rings. The molecule has 24 heavy (non-hydrogen) atoms. The molecule has 0 radical (unpaired) electrons. The predicted octanol–water partition coefficient (Wildman–Crippen LogP) is 5.83. The van der Waals surface area contributed by atoms with E-state index in [-0.39, 0.29) is 0 Å². The van der Waals surface area contributed by atoms with Crippen LogP contribution >= 0.6 is 0 Å². The smallest absolute Gasteiger partial charge is 0.106 e. The van der Waals surface area contributed by atoms with Gasteiger partial charge in [0, 0.05) is 0 Å². The van der Waals surface area contributed by atoms with Crippen molar-refractivity contribution in [1.29, 1.82) is 0 Å². The molecule has 124 valence electrons. The molecule has 1 unspecified atom stereocenters. The summed E-state index contributed by atoms with van der Waals surface area (Å²) in [6.45, 7) is 2.18. The van der Waals surface area contributed by atoms with Crippen LogP contribution in [0.25, 0.3) is 16.3 Å². The number of benzene rings is 2. The number of nitrogens with zero attached hydrogens (tertiary/aromatic N) is 1. The molecule has 1 saturated carbocycles. The number of hydrogen-bond acceptors (Lipinski definition) is 2. The van der Waals surface area contributed by atoms with E-state index in [1.54, 1.807) is 7.11 Å². The van der Waals surface area contributed by atoms with Gasteiger partial charge in [-0.3, -0.25) is 0 Å². The van der Waals surface area contributed by atoms with E-state index < -0.39 is 0 Å². The Morgan fingerprint density at radius 2 is 1.96 bits per heavy atom. The summed E-state index contributed by atoms with van der Waals surface area (Å²) in [4.78, 5) is 5.16. The van der Waals surface area contributed by atoms with E-state index in [2.05, 4.69) is 54.5 Å².